The van der Waals surface area contributed by atoms with Crippen molar-refractivity contribution in [1.82, 2.24) is 20.2 Å². The maximum Gasteiger partial charge on any atom is 0.235 e. The number of tetrazole rings is 1. The summed E-state index contributed by atoms with van der Waals surface area (Å²) in [7, 11) is 0. The van der Waals surface area contributed by atoms with Gasteiger partial charge in [0.1, 0.15) is 18.3 Å². The van der Waals surface area contributed by atoms with E-state index in [4.69, 9.17) is 4.74 Å². The van der Waals surface area contributed by atoms with Crippen molar-refractivity contribution in [2.45, 2.75) is 19.8 Å². The fourth-order valence-corrected chi connectivity index (χ4v) is 2.98. The lowest BCUT2D eigenvalue weighted by Gasteiger charge is -2.13. The van der Waals surface area contributed by atoms with Gasteiger partial charge in [-0.05, 0) is 48.0 Å². The van der Waals surface area contributed by atoms with Crippen LogP contribution in [0.3, 0.4) is 0 Å². The molecule has 0 unspecified atom stereocenters. The number of ether oxygens (including phenoxy) is 1. The molecule has 0 bridgehead atoms. The largest absolute Gasteiger partial charge is 0.492 e. The summed E-state index contributed by atoms with van der Waals surface area (Å²) in [5.41, 5.74) is 3.47. The van der Waals surface area contributed by atoms with Crippen LogP contribution >= 0.6 is 0 Å². The predicted octanol–water partition coefficient (Wildman–Crippen LogP) is 2.39. The monoisotopic (exact) mass is 335 g/mol. The molecule has 126 valence electrons. The first-order valence-electron chi connectivity index (χ1n) is 8.02. The summed E-state index contributed by atoms with van der Waals surface area (Å²) in [6.45, 7) is 4.16. The third-order valence-corrected chi connectivity index (χ3v) is 4.35. The number of carbonyl (C=O) groups excluding carboxylic acids is 1. The Morgan fingerprint density at radius 2 is 2.08 bits per heavy atom. The smallest absolute Gasteiger partial charge is 0.235 e. The molecule has 0 radical (unpaired) electrons. The minimum Gasteiger partial charge on any atom is -0.492 e. The molecule has 1 aliphatic heterocycles. The van der Waals surface area contributed by atoms with Gasteiger partial charge in [0.05, 0.1) is 5.69 Å². The maximum absolute atomic E-state index is 12.7. The average molecular weight is 335 g/mol. The molecule has 0 aliphatic carbocycles. The first-order chi connectivity index (χ1) is 12.1. The van der Waals surface area contributed by atoms with Crippen LogP contribution in [0.5, 0.6) is 5.75 Å². The lowest BCUT2D eigenvalue weighted by atomic mass is 10.0. The number of rotatable bonds is 3. The molecule has 0 saturated carbocycles. The highest BCUT2D eigenvalue weighted by atomic mass is 16.5. The average Bonchev–Trinajstić information content (AvgIpc) is 3.23. The summed E-state index contributed by atoms with van der Waals surface area (Å²) in [4.78, 5) is 12.7. The van der Waals surface area contributed by atoms with Crippen molar-refractivity contribution < 1.29 is 9.53 Å². The Labute approximate surface area is 144 Å². The van der Waals surface area contributed by atoms with Gasteiger partial charge in [-0.25, -0.2) is 0 Å². The second-order valence-corrected chi connectivity index (χ2v) is 6.03. The molecule has 1 aliphatic rings. The van der Waals surface area contributed by atoms with E-state index in [1.807, 2.05) is 56.3 Å². The number of nitrogens with one attached hydrogen (secondary N) is 1. The number of hydrogen-bond donors (Lipinski definition) is 1. The van der Waals surface area contributed by atoms with Gasteiger partial charge in [-0.15, -0.1) is 5.10 Å². The number of hydrogen-bond acceptors (Lipinski definition) is 5. The molecule has 0 spiro atoms. The van der Waals surface area contributed by atoms with Gasteiger partial charge in [-0.2, -0.15) is 4.68 Å². The number of nitrogens with zero attached hydrogens (tertiary/aromatic N) is 4. The molecule has 0 fully saturated rings. The van der Waals surface area contributed by atoms with Crippen LogP contribution in [0, 0.1) is 13.8 Å². The van der Waals surface area contributed by atoms with Crippen molar-refractivity contribution in [3.63, 3.8) is 0 Å². The van der Waals surface area contributed by atoms with Crippen LogP contribution in [-0.4, -0.2) is 32.7 Å². The number of amides is 1. The van der Waals surface area contributed by atoms with E-state index in [1.54, 1.807) is 4.68 Å². The van der Waals surface area contributed by atoms with Gasteiger partial charge in [0.25, 0.3) is 0 Å². The summed E-state index contributed by atoms with van der Waals surface area (Å²) in [6.07, 6.45) is 0. The van der Waals surface area contributed by atoms with E-state index < -0.39 is 0 Å². The molecular weight excluding hydrogens is 318 g/mol. The quantitative estimate of drug-likeness (QED) is 0.795. The molecule has 1 aromatic heterocycles. The number of para-hydroxylation sites is 1. The van der Waals surface area contributed by atoms with Crippen LogP contribution in [0.25, 0.3) is 5.69 Å². The van der Waals surface area contributed by atoms with E-state index in [9.17, 15) is 4.79 Å². The van der Waals surface area contributed by atoms with Gasteiger partial charge in [0.15, 0.2) is 5.82 Å². The van der Waals surface area contributed by atoms with Crippen LogP contribution in [0.2, 0.25) is 0 Å². The summed E-state index contributed by atoms with van der Waals surface area (Å²) in [5, 5.41) is 14.6. The normalized spacial score (nSPS) is 15.5. The van der Waals surface area contributed by atoms with Crippen molar-refractivity contribution in [2.24, 2.45) is 0 Å². The zero-order valence-corrected chi connectivity index (χ0v) is 13.9. The summed E-state index contributed by atoms with van der Waals surface area (Å²) >= 11 is 0. The van der Waals surface area contributed by atoms with Crippen molar-refractivity contribution in [3.8, 4) is 11.4 Å². The highest BCUT2D eigenvalue weighted by Crippen LogP contribution is 2.34. The molecule has 1 N–H and O–H groups in total. The highest BCUT2D eigenvalue weighted by molar-refractivity contribution is 5.97. The predicted molar refractivity (Wildman–Crippen MR) is 91.9 cm³/mol. The third kappa shape index (κ3) is 2.73. The number of aromatic nitrogens is 4. The zero-order valence-electron chi connectivity index (χ0n) is 13.9. The first kappa shape index (κ1) is 15.3. The number of aryl methyl sites for hydroxylation is 2. The fourth-order valence-electron chi connectivity index (χ4n) is 2.98. The molecule has 2 aromatic carbocycles. The molecule has 1 atom stereocenters. The Morgan fingerprint density at radius 1 is 1.24 bits per heavy atom. The topological polar surface area (TPSA) is 81.9 Å². The standard InChI is InChI=1S/C18H17N5O2/c1-11-7-8-13(9-16(11)23-12(2)20-21-22-23)19-18(24)15-10-25-17-6-4-3-5-14(15)17/h3-9,15H,10H2,1-2H3,(H,19,24)/t15-/m1/s1. The molecule has 25 heavy (non-hydrogen) atoms. The second kappa shape index (κ2) is 6.01. The number of fused-ring (bicyclic) bond motifs is 1. The lowest BCUT2D eigenvalue weighted by Crippen LogP contribution is -2.22. The minimum absolute atomic E-state index is 0.0896. The van der Waals surface area contributed by atoms with Crippen LogP contribution in [0.1, 0.15) is 22.9 Å². The van der Waals surface area contributed by atoms with Gasteiger partial charge in [0, 0.05) is 11.3 Å². The molecule has 1 amide bonds. The first-order valence-corrected chi connectivity index (χ1v) is 8.02. The number of carbonyl (C=O) groups is 1. The Morgan fingerprint density at radius 3 is 2.88 bits per heavy atom. The summed E-state index contributed by atoms with van der Waals surface area (Å²) in [5.74, 6) is 1.06. The Kier molecular flexibility index (Phi) is 3.68. The lowest BCUT2D eigenvalue weighted by molar-refractivity contribution is -0.117. The van der Waals surface area contributed by atoms with E-state index in [-0.39, 0.29) is 11.8 Å². The van der Waals surface area contributed by atoms with Crippen molar-refractivity contribution in [3.05, 3.63) is 59.4 Å². The fraction of sp³-hybridized carbons (Fsp3) is 0.222. The summed E-state index contributed by atoms with van der Waals surface area (Å²) in [6, 6.07) is 13.3. The summed E-state index contributed by atoms with van der Waals surface area (Å²) < 4.78 is 7.25. The van der Waals surface area contributed by atoms with Crippen molar-refractivity contribution in [2.75, 3.05) is 11.9 Å². The van der Waals surface area contributed by atoms with Gasteiger partial charge in [0.2, 0.25) is 5.91 Å². The Bertz CT molecular complexity index is 950. The third-order valence-electron chi connectivity index (χ3n) is 4.35. The molecule has 3 aromatic rings. The molecule has 7 nitrogen and oxygen atoms in total. The second-order valence-electron chi connectivity index (χ2n) is 6.03. The van der Waals surface area contributed by atoms with Crippen LogP contribution in [0.15, 0.2) is 42.5 Å². The molecular formula is C18H17N5O2. The van der Waals surface area contributed by atoms with Gasteiger partial charge in [-0.3, -0.25) is 4.79 Å². The molecule has 4 rings (SSSR count). The highest BCUT2D eigenvalue weighted by Gasteiger charge is 2.30. The van der Waals surface area contributed by atoms with E-state index in [1.165, 1.54) is 0 Å². The van der Waals surface area contributed by atoms with Gasteiger partial charge in [-0.1, -0.05) is 24.3 Å². The van der Waals surface area contributed by atoms with Crippen LogP contribution in [0.4, 0.5) is 5.69 Å². The van der Waals surface area contributed by atoms with Crippen LogP contribution < -0.4 is 10.1 Å². The molecule has 7 heteroatoms. The van der Waals surface area contributed by atoms with Gasteiger partial charge >= 0.3 is 0 Å². The molecule has 2 heterocycles. The Hall–Kier alpha value is -3.22. The van der Waals surface area contributed by atoms with E-state index in [2.05, 4.69) is 20.8 Å². The Balaban J connectivity index is 1.60. The van der Waals surface area contributed by atoms with E-state index >= 15 is 0 Å². The van der Waals surface area contributed by atoms with E-state index in [0.29, 0.717) is 18.1 Å². The number of benzene rings is 2. The van der Waals surface area contributed by atoms with Gasteiger partial charge < -0.3 is 10.1 Å². The molecule has 0 saturated heterocycles. The maximum atomic E-state index is 12.7. The van der Waals surface area contributed by atoms with Crippen molar-refractivity contribution >= 4 is 11.6 Å². The van der Waals surface area contributed by atoms with Crippen LogP contribution in [-0.2, 0) is 4.79 Å². The zero-order chi connectivity index (χ0) is 17.4. The SMILES string of the molecule is Cc1ccc(NC(=O)[C@@H]2COc3ccccc32)cc1-n1nnnc1C. The minimum atomic E-state index is -0.310. The van der Waals surface area contributed by atoms with Crippen molar-refractivity contribution in [1.29, 1.82) is 0 Å². The number of anilines is 1. The van der Waals surface area contributed by atoms with E-state index in [0.717, 1.165) is 22.6 Å².